The number of aliphatic carboxylic acids is 1. The van der Waals surface area contributed by atoms with Gasteiger partial charge in [0.25, 0.3) is 0 Å². The molecule has 2 aromatic carbocycles. The Balaban J connectivity index is 0. The van der Waals surface area contributed by atoms with E-state index in [0.29, 0.717) is 36.7 Å². The lowest BCUT2D eigenvalue weighted by atomic mass is 10.1. The van der Waals surface area contributed by atoms with Gasteiger partial charge in [0.1, 0.15) is 12.2 Å². The summed E-state index contributed by atoms with van der Waals surface area (Å²) >= 11 is 0. The second-order valence-corrected chi connectivity index (χ2v) is 21.5. The number of hydrogen-bond acceptors (Lipinski definition) is 12. The summed E-state index contributed by atoms with van der Waals surface area (Å²) in [5.74, 6) is -1.97. The van der Waals surface area contributed by atoms with E-state index in [-0.39, 0.29) is 60.0 Å². The predicted molar refractivity (Wildman–Crippen MR) is 244 cm³/mol. The number of esters is 4. The molecule has 0 heterocycles. The first-order valence-electron chi connectivity index (χ1n) is 20.5. The number of aryl methyl sites for hydroxylation is 1. The highest BCUT2D eigenvalue weighted by Crippen LogP contribution is 2.39. The van der Waals surface area contributed by atoms with Gasteiger partial charge in [-0.1, -0.05) is 79.7 Å². The summed E-state index contributed by atoms with van der Waals surface area (Å²) in [6, 6.07) is 13.6. The van der Waals surface area contributed by atoms with Crippen LogP contribution < -0.4 is 0 Å². The van der Waals surface area contributed by atoms with Gasteiger partial charge in [0.2, 0.25) is 7.37 Å². The van der Waals surface area contributed by atoms with Gasteiger partial charge >= 0.3 is 29.8 Å². The number of rotatable bonds is 19. The maximum absolute atomic E-state index is 11.9. The standard InChI is InChI=1S/C15H23O4P.C13H19O4P.C10H16O3.C8H12O4/c1-11(2)12(3)19-15(16)14-7-5-13(6-8-14)9-10-20(4,17)18;1-10(2)8-17-13(14)12-6-4-11(5-7-12)9-18(3,15)16;1-7(2)9(4)13-10(12)6-5-8(3)11;1-6(2)5-12-8(11)4-3-7(9)10/h5-8,11-12H,9-10H2,1-4H3,(H,17,18);4-7,10H,8-9H2,1-3H3,(H,15,16);5-7,9H,1-4H3;3-4,6H,5H2,1-2H3,(H,9,10)/b;;6-5+;4-3+. The molecular formula is C46H70O15P2. The van der Waals surface area contributed by atoms with Crippen LogP contribution in [0.5, 0.6) is 0 Å². The number of allylic oxidation sites excluding steroid dienone is 1. The highest BCUT2D eigenvalue weighted by Gasteiger charge is 2.16. The number of carbonyl (C=O) groups excluding carboxylic acids is 5. The predicted octanol–water partition coefficient (Wildman–Crippen LogP) is 8.78. The van der Waals surface area contributed by atoms with E-state index in [4.69, 9.17) is 19.3 Å². The summed E-state index contributed by atoms with van der Waals surface area (Å²) in [5.41, 5.74) is 2.64. The molecule has 354 valence electrons. The average Bonchev–Trinajstić information content (AvgIpc) is 3.16. The highest BCUT2D eigenvalue weighted by molar-refractivity contribution is 7.57. The lowest BCUT2D eigenvalue weighted by Crippen LogP contribution is -2.20. The number of benzene rings is 2. The van der Waals surface area contributed by atoms with Crippen molar-refractivity contribution in [3.8, 4) is 0 Å². The molecule has 0 aliphatic heterocycles. The smallest absolute Gasteiger partial charge is 0.338 e. The highest BCUT2D eigenvalue weighted by atomic mass is 31.2. The molecule has 15 nitrogen and oxygen atoms in total. The van der Waals surface area contributed by atoms with Crippen molar-refractivity contribution < 1.29 is 71.7 Å². The zero-order chi connectivity index (χ0) is 49.1. The number of hydrogen-bond donors (Lipinski definition) is 3. The quantitative estimate of drug-likeness (QED) is 0.0517. The van der Waals surface area contributed by atoms with Gasteiger partial charge in [-0.2, -0.15) is 0 Å². The Hall–Kier alpha value is -4.68. The lowest BCUT2D eigenvalue weighted by molar-refractivity contribution is -0.144. The number of carboxylic acids is 1. The van der Waals surface area contributed by atoms with Gasteiger partial charge in [-0.3, -0.25) is 13.9 Å². The van der Waals surface area contributed by atoms with Gasteiger partial charge in [0, 0.05) is 43.9 Å². The van der Waals surface area contributed by atoms with Crippen LogP contribution in [0.25, 0.3) is 0 Å². The molecule has 0 radical (unpaired) electrons. The maximum Gasteiger partial charge on any atom is 0.338 e. The zero-order valence-electron chi connectivity index (χ0n) is 39.1. The Morgan fingerprint density at radius 3 is 1.41 bits per heavy atom. The van der Waals surface area contributed by atoms with E-state index in [1.807, 2.05) is 69.2 Å². The Morgan fingerprint density at radius 1 is 0.571 bits per heavy atom. The largest absolute Gasteiger partial charge is 0.478 e. The van der Waals surface area contributed by atoms with E-state index < -0.39 is 32.6 Å². The van der Waals surface area contributed by atoms with Crippen molar-refractivity contribution in [3.05, 3.63) is 95.1 Å². The van der Waals surface area contributed by atoms with Crippen molar-refractivity contribution in [1.29, 1.82) is 0 Å². The molecule has 0 fully saturated rings. The van der Waals surface area contributed by atoms with Crippen LogP contribution in [0.15, 0.2) is 72.8 Å². The Bertz CT molecular complexity index is 1870. The molecule has 0 aliphatic rings. The van der Waals surface area contributed by atoms with E-state index in [1.165, 1.54) is 26.3 Å². The van der Waals surface area contributed by atoms with Crippen molar-refractivity contribution >= 4 is 50.4 Å². The first kappa shape index (κ1) is 60.4. The minimum Gasteiger partial charge on any atom is -0.478 e. The van der Waals surface area contributed by atoms with Crippen LogP contribution in [0.2, 0.25) is 0 Å². The summed E-state index contributed by atoms with van der Waals surface area (Å²) in [6.07, 6.45) is 4.66. The SMILES string of the molecule is CC(=O)/C=C/C(=O)OC(C)C(C)C.CC(C)C(C)OC(=O)c1ccc(CCP(C)(=O)O)cc1.CC(C)COC(=O)/C=C/C(=O)O.CC(C)COC(=O)c1ccc(CP(C)(=O)O)cc1. The van der Waals surface area contributed by atoms with Crippen LogP contribution in [0, 0.1) is 23.7 Å². The molecule has 0 amide bonds. The molecule has 3 N–H and O–H groups in total. The van der Waals surface area contributed by atoms with E-state index in [2.05, 4.69) is 4.74 Å². The summed E-state index contributed by atoms with van der Waals surface area (Å²) in [4.78, 5) is 84.1. The Kier molecular flexibility index (Phi) is 29.9. The molecule has 63 heavy (non-hydrogen) atoms. The zero-order valence-corrected chi connectivity index (χ0v) is 40.9. The summed E-state index contributed by atoms with van der Waals surface area (Å²) < 4.78 is 42.5. The second kappa shape index (κ2) is 31.2. The summed E-state index contributed by atoms with van der Waals surface area (Å²) in [6.45, 7) is 24.1. The molecule has 2 rings (SSSR count). The van der Waals surface area contributed by atoms with Gasteiger partial charge in [-0.05, 0) is 92.3 Å². The first-order valence-corrected chi connectivity index (χ1v) is 25.1. The third-order valence-electron chi connectivity index (χ3n) is 8.07. The van der Waals surface area contributed by atoms with E-state index >= 15 is 0 Å². The molecule has 2 aromatic rings. The van der Waals surface area contributed by atoms with E-state index in [1.54, 1.807) is 48.5 Å². The van der Waals surface area contributed by atoms with Crippen molar-refractivity contribution in [2.75, 3.05) is 32.7 Å². The third kappa shape index (κ3) is 35.5. The average molecular weight is 925 g/mol. The number of carbonyl (C=O) groups is 6. The molecule has 0 saturated heterocycles. The minimum absolute atomic E-state index is 0.119. The molecule has 4 unspecified atom stereocenters. The monoisotopic (exact) mass is 924 g/mol. The minimum atomic E-state index is -3.07. The van der Waals surface area contributed by atoms with Crippen molar-refractivity contribution in [2.45, 2.75) is 101 Å². The van der Waals surface area contributed by atoms with Crippen LogP contribution in [-0.4, -0.2) is 95.4 Å². The van der Waals surface area contributed by atoms with Gasteiger partial charge < -0.3 is 33.8 Å². The molecule has 17 heteroatoms. The van der Waals surface area contributed by atoms with Crippen molar-refractivity contribution in [3.63, 3.8) is 0 Å². The Morgan fingerprint density at radius 2 is 1.00 bits per heavy atom. The molecule has 4 atom stereocenters. The molecular weight excluding hydrogens is 854 g/mol. The third-order valence-corrected chi connectivity index (χ3v) is 10.1. The van der Waals surface area contributed by atoms with E-state index in [9.17, 15) is 47.7 Å². The topological polar surface area (TPSA) is 234 Å². The molecule has 0 spiro atoms. The van der Waals surface area contributed by atoms with Crippen molar-refractivity contribution in [2.24, 2.45) is 23.7 Å². The van der Waals surface area contributed by atoms with Crippen LogP contribution in [0.1, 0.15) is 108 Å². The van der Waals surface area contributed by atoms with Crippen LogP contribution >= 0.6 is 14.7 Å². The van der Waals surface area contributed by atoms with Gasteiger partial charge in [0.05, 0.1) is 24.3 Å². The number of ether oxygens (including phenoxy) is 4. The molecule has 0 aliphatic carbocycles. The van der Waals surface area contributed by atoms with Gasteiger partial charge in [0.15, 0.2) is 13.2 Å². The second-order valence-electron chi connectivity index (χ2n) is 16.5. The van der Waals surface area contributed by atoms with Gasteiger partial charge in [-0.25, -0.2) is 24.0 Å². The normalized spacial score (nSPS) is 13.8. The fourth-order valence-electron chi connectivity index (χ4n) is 3.91. The molecule has 0 aromatic heterocycles. The lowest BCUT2D eigenvalue weighted by Gasteiger charge is -2.16. The maximum atomic E-state index is 11.9. The number of carboxylic acid groups (broad SMARTS) is 1. The van der Waals surface area contributed by atoms with Crippen molar-refractivity contribution in [1.82, 2.24) is 0 Å². The van der Waals surface area contributed by atoms with E-state index in [0.717, 1.165) is 29.4 Å². The fourth-order valence-corrected chi connectivity index (χ4v) is 5.47. The van der Waals surface area contributed by atoms with Gasteiger partial charge in [-0.15, -0.1) is 0 Å². The first-order chi connectivity index (χ1) is 28.9. The summed E-state index contributed by atoms with van der Waals surface area (Å²) in [5, 5.41) is 8.15. The van der Waals surface area contributed by atoms with Crippen LogP contribution in [0.3, 0.4) is 0 Å². The Labute approximate surface area is 373 Å². The molecule has 0 saturated carbocycles. The van der Waals surface area contributed by atoms with Crippen LogP contribution in [-0.2, 0) is 59.8 Å². The summed E-state index contributed by atoms with van der Waals surface area (Å²) in [7, 11) is -6.05. The number of ketones is 1. The van der Waals surface area contributed by atoms with Crippen LogP contribution in [0.4, 0.5) is 0 Å². The molecule has 0 bridgehead atoms. The fraction of sp³-hybridized carbons (Fsp3) is 0.522.